The average molecular weight is 474 g/mol. The predicted molar refractivity (Wildman–Crippen MR) is 127 cm³/mol. The standard InChI is InChI=1S/C23H27N3O4S2/c1-14-16(25-22(30-14)18-9-5-12-31-18)13-19(27)26-23-20(21(28)24-10-6-11-29-2)15-7-3-4-8-17(15)32-23/h5,9,12H,3-4,6-8,10-11,13H2,1-2H3,(H,24,28)(H,26,27). The summed E-state index contributed by atoms with van der Waals surface area (Å²) in [7, 11) is 1.64. The van der Waals surface area contributed by atoms with Gasteiger partial charge < -0.3 is 19.8 Å². The van der Waals surface area contributed by atoms with Gasteiger partial charge in [0.05, 0.1) is 22.6 Å². The molecular formula is C23H27N3O4S2. The average Bonchev–Trinajstić information content (AvgIpc) is 3.50. The van der Waals surface area contributed by atoms with Crippen molar-refractivity contribution in [2.45, 2.75) is 45.4 Å². The Balaban J connectivity index is 1.49. The van der Waals surface area contributed by atoms with Crippen LogP contribution >= 0.6 is 22.7 Å². The van der Waals surface area contributed by atoms with Crippen molar-refractivity contribution in [1.29, 1.82) is 0 Å². The van der Waals surface area contributed by atoms with Gasteiger partial charge in [0.15, 0.2) is 0 Å². The number of anilines is 1. The van der Waals surface area contributed by atoms with Gasteiger partial charge in [-0.05, 0) is 56.0 Å². The van der Waals surface area contributed by atoms with Gasteiger partial charge in [0.2, 0.25) is 11.8 Å². The van der Waals surface area contributed by atoms with Crippen molar-refractivity contribution in [2.75, 3.05) is 25.6 Å². The van der Waals surface area contributed by atoms with E-state index < -0.39 is 0 Å². The lowest BCUT2D eigenvalue weighted by Crippen LogP contribution is -2.27. The highest BCUT2D eigenvalue weighted by atomic mass is 32.1. The number of aromatic nitrogens is 1. The molecule has 2 N–H and O–H groups in total. The topological polar surface area (TPSA) is 93.5 Å². The smallest absolute Gasteiger partial charge is 0.254 e. The number of hydrogen-bond acceptors (Lipinski definition) is 7. The van der Waals surface area contributed by atoms with E-state index in [4.69, 9.17) is 9.15 Å². The number of methoxy groups -OCH3 is 1. The van der Waals surface area contributed by atoms with Crippen LogP contribution in [0, 0.1) is 6.92 Å². The highest BCUT2D eigenvalue weighted by molar-refractivity contribution is 7.17. The number of rotatable bonds is 9. The number of thiophene rings is 2. The highest BCUT2D eigenvalue weighted by Gasteiger charge is 2.26. The lowest BCUT2D eigenvalue weighted by atomic mass is 9.95. The fourth-order valence-electron chi connectivity index (χ4n) is 3.82. The number of nitrogens with zero attached hydrogens (tertiary/aromatic N) is 1. The number of nitrogens with one attached hydrogen (secondary N) is 2. The highest BCUT2D eigenvalue weighted by Crippen LogP contribution is 2.38. The number of aryl methyl sites for hydroxylation is 2. The molecular weight excluding hydrogens is 446 g/mol. The summed E-state index contributed by atoms with van der Waals surface area (Å²) < 4.78 is 10.8. The van der Waals surface area contributed by atoms with Crippen molar-refractivity contribution in [2.24, 2.45) is 0 Å². The van der Waals surface area contributed by atoms with E-state index in [2.05, 4.69) is 15.6 Å². The molecule has 0 aromatic carbocycles. The molecule has 32 heavy (non-hydrogen) atoms. The van der Waals surface area contributed by atoms with Crippen LogP contribution in [0.2, 0.25) is 0 Å². The van der Waals surface area contributed by atoms with Crippen LogP contribution in [0.1, 0.15) is 51.5 Å². The Kier molecular flexibility index (Phi) is 7.39. The fourth-order valence-corrected chi connectivity index (χ4v) is 5.77. The first-order valence-electron chi connectivity index (χ1n) is 10.8. The third-order valence-electron chi connectivity index (χ3n) is 5.41. The van der Waals surface area contributed by atoms with Crippen molar-refractivity contribution in [3.05, 3.63) is 45.0 Å². The number of carbonyl (C=O) groups excluding carboxylic acids is 2. The van der Waals surface area contributed by atoms with Gasteiger partial charge in [-0.15, -0.1) is 22.7 Å². The lowest BCUT2D eigenvalue weighted by molar-refractivity contribution is -0.115. The zero-order valence-electron chi connectivity index (χ0n) is 18.3. The number of fused-ring (bicyclic) bond motifs is 1. The number of carbonyl (C=O) groups is 2. The summed E-state index contributed by atoms with van der Waals surface area (Å²) in [5.74, 6) is 0.827. The van der Waals surface area contributed by atoms with Crippen molar-refractivity contribution in [1.82, 2.24) is 10.3 Å². The normalized spacial score (nSPS) is 13.1. The molecule has 3 aromatic heterocycles. The molecule has 1 aliphatic carbocycles. The van der Waals surface area contributed by atoms with Crippen molar-refractivity contribution >= 4 is 39.5 Å². The van der Waals surface area contributed by atoms with Crippen molar-refractivity contribution < 1.29 is 18.7 Å². The van der Waals surface area contributed by atoms with Crippen LogP contribution in [0.15, 0.2) is 21.9 Å². The molecule has 0 unspecified atom stereocenters. The van der Waals surface area contributed by atoms with E-state index in [1.807, 2.05) is 24.4 Å². The summed E-state index contributed by atoms with van der Waals surface area (Å²) in [5, 5.41) is 8.55. The minimum absolute atomic E-state index is 0.0954. The van der Waals surface area contributed by atoms with E-state index in [-0.39, 0.29) is 18.2 Å². The Hall–Kier alpha value is -2.49. The third-order valence-corrected chi connectivity index (χ3v) is 7.48. The SMILES string of the molecule is COCCCNC(=O)c1c(NC(=O)Cc2nc(-c3cccs3)oc2C)sc2c1CCCC2. The van der Waals surface area contributed by atoms with E-state index in [1.54, 1.807) is 18.4 Å². The molecule has 0 atom stereocenters. The maximum atomic E-state index is 13.0. The second kappa shape index (κ2) is 10.4. The Morgan fingerprint density at radius 2 is 2.12 bits per heavy atom. The van der Waals surface area contributed by atoms with Crippen LogP contribution in [-0.2, 0) is 28.8 Å². The zero-order valence-corrected chi connectivity index (χ0v) is 19.9. The second-order valence-electron chi connectivity index (χ2n) is 7.74. The molecule has 3 aromatic rings. The first-order chi connectivity index (χ1) is 15.6. The van der Waals surface area contributed by atoms with E-state index >= 15 is 0 Å². The molecule has 0 spiro atoms. The van der Waals surface area contributed by atoms with Gasteiger partial charge in [0.25, 0.3) is 5.91 Å². The minimum Gasteiger partial charge on any atom is -0.440 e. The fraction of sp³-hybridized carbons (Fsp3) is 0.435. The summed E-state index contributed by atoms with van der Waals surface area (Å²) in [4.78, 5) is 32.5. The Bertz CT molecular complexity index is 1090. The summed E-state index contributed by atoms with van der Waals surface area (Å²) in [6.07, 6.45) is 4.83. The van der Waals surface area contributed by atoms with Gasteiger partial charge in [-0.2, -0.15) is 0 Å². The lowest BCUT2D eigenvalue weighted by Gasteiger charge is -2.13. The summed E-state index contributed by atoms with van der Waals surface area (Å²) >= 11 is 3.06. The second-order valence-corrected chi connectivity index (χ2v) is 9.79. The Labute approximate surface area is 195 Å². The molecule has 9 heteroatoms. The molecule has 3 heterocycles. The van der Waals surface area contributed by atoms with Gasteiger partial charge in [-0.25, -0.2) is 4.98 Å². The molecule has 0 radical (unpaired) electrons. The van der Waals surface area contributed by atoms with Crippen LogP contribution < -0.4 is 10.6 Å². The largest absolute Gasteiger partial charge is 0.440 e. The Morgan fingerprint density at radius 1 is 1.28 bits per heavy atom. The van der Waals surface area contributed by atoms with Crippen LogP contribution in [-0.4, -0.2) is 37.1 Å². The summed E-state index contributed by atoms with van der Waals surface area (Å²) in [6, 6.07) is 3.87. The van der Waals surface area contributed by atoms with Crippen LogP contribution in [0.25, 0.3) is 10.8 Å². The minimum atomic E-state index is -0.203. The Morgan fingerprint density at radius 3 is 2.91 bits per heavy atom. The van der Waals surface area contributed by atoms with Gasteiger partial charge >= 0.3 is 0 Å². The molecule has 0 saturated heterocycles. The molecule has 0 aliphatic heterocycles. The molecule has 7 nitrogen and oxygen atoms in total. The number of amides is 2. The van der Waals surface area contributed by atoms with Crippen LogP contribution in [0.5, 0.6) is 0 Å². The van der Waals surface area contributed by atoms with E-state index in [9.17, 15) is 9.59 Å². The molecule has 170 valence electrons. The third kappa shape index (κ3) is 5.11. The van der Waals surface area contributed by atoms with Gasteiger partial charge in [0, 0.05) is 25.1 Å². The zero-order chi connectivity index (χ0) is 22.5. The molecule has 2 amide bonds. The van der Waals surface area contributed by atoms with Crippen molar-refractivity contribution in [3.63, 3.8) is 0 Å². The molecule has 4 rings (SSSR count). The number of oxazole rings is 1. The maximum absolute atomic E-state index is 13.0. The van der Waals surface area contributed by atoms with Gasteiger partial charge in [-0.3, -0.25) is 9.59 Å². The first kappa shape index (κ1) is 22.7. The van der Waals surface area contributed by atoms with E-state index in [0.717, 1.165) is 42.5 Å². The van der Waals surface area contributed by atoms with Crippen LogP contribution in [0.3, 0.4) is 0 Å². The quantitative estimate of drug-likeness (QED) is 0.443. The molecule has 0 bridgehead atoms. The molecule has 0 fully saturated rings. The van der Waals surface area contributed by atoms with E-state index in [0.29, 0.717) is 41.1 Å². The summed E-state index contributed by atoms with van der Waals surface area (Å²) in [5.41, 5.74) is 2.31. The summed E-state index contributed by atoms with van der Waals surface area (Å²) in [6.45, 7) is 2.94. The molecule has 1 aliphatic rings. The molecule has 0 saturated carbocycles. The monoisotopic (exact) mass is 473 g/mol. The van der Waals surface area contributed by atoms with Gasteiger partial charge in [-0.1, -0.05) is 6.07 Å². The number of hydrogen-bond donors (Lipinski definition) is 2. The van der Waals surface area contributed by atoms with Crippen molar-refractivity contribution in [3.8, 4) is 10.8 Å². The predicted octanol–water partition coefficient (Wildman–Crippen LogP) is 4.60. The maximum Gasteiger partial charge on any atom is 0.254 e. The number of ether oxygens (including phenoxy) is 1. The first-order valence-corrected chi connectivity index (χ1v) is 12.5. The van der Waals surface area contributed by atoms with Crippen LogP contribution in [0.4, 0.5) is 5.00 Å². The van der Waals surface area contributed by atoms with Gasteiger partial charge in [0.1, 0.15) is 10.8 Å². The van der Waals surface area contributed by atoms with E-state index in [1.165, 1.54) is 16.2 Å².